The van der Waals surface area contributed by atoms with Crippen LogP contribution < -0.4 is 0 Å². The van der Waals surface area contributed by atoms with Crippen molar-refractivity contribution in [2.75, 3.05) is 0 Å². The van der Waals surface area contributed by atoms with Gasteiger partial charge in [0.25, 0.3) is 0 Å². The molecule has 0 amide bonds. The summed E-state index contributed by atoms with van der Waals surface area (Å²) in [6, 6.07) is 67.4. The first-order valence-electron chi connectivity index (χ1n) is 18.6. The molecule has 0 saturated heterocycles. The van der Waals surface area contributed by atoms with Crippen LogP contribution in [0.15, 0.2) is 194 Å². The number of nitrogens with zero attached hydrogens (tertiary/aromatic N) is 4. The van der Waals surface area contributed by atoms with Gasteiger partial charge in [-0.2, -0.15) is 0 Å². The highest BCUT2D eigenvalue weighted by Gasteiger charge is 2.16. The molecular weight excluding hydrogens is 681 g/mol. The minimum Gasteiger partial charge on any atom is -0.238 e. The topological polar surface area (TPSA) is 43.0 Å². The summed E-state index contributed by atoms with van der Waals surface area (Å²) in [7, 11) is 0. The molecule has 0 fully saturated rings. The van der Waals surface area contributed by atoms with E-state index in [1.807, 2.05) is 72.8 Å². The van der Waals surface area contributed by atoms with E-state index in [0.29, 0.717) is 23.2 Å². The average molecular weight is 713 g/mol. The van der Waals surface area contributed by atoms with Crippen LogP contribution >= 0.6 is 0 Å². The van der Waals surface area contributed by atoms with Crippen molar-refractivity contribution in [3.63, 3.8) is 0 Å². The summed E-state index contributed by atoms with van der Waals surface area (Å²) < 4.78 is 0. The molecule has 0 saturated carbocycles. The zero-order valence-electron chi connectivity index (χ0n) is 30.3. The lowest BCUT2D eigenvalue weighted by molar-refractivity contribution is 1.07. The zero-order chi connectivity index (χ0) is 37.4. The van der Waals surface area contributed by atoms with Crippen molar-refractivity contribution in [1.29, 1.82) is 0 Å². The van der Waals surface area contributed by atoms with Gasteiger partial charge in [-0.05, 0) is 83.9 Å². The predicted molar refractivity (Wildman–Crippen MR) is 231 cm³/mol. The molecule has 0 spiro atoms. The van der Waals surface area contributed by atoms with Gasteiger partial charge in [0.1, 0.15) is 0 Å². The van der Waals surface area contributed by atoms with Gasteiger partial charge in [0, 0.05) is 16.7 Å². The van der Waals surface area contributed by atoms with Crippen molar-refractivity contribution in [2.24, 2.45) is 0 Å². The molecule has 4 nitrogen and oxygen atoms in total. The zero-order valence-corrected chi connectivity index (χ0v) is 30.3. The molecule has 0 bridgehead atoms. The van der Waals surface area contributed by atoms with Crippen LogP contribution in [0.2, 0.25) is 0 Å². The van der Waals surface area contributed by atoms with Crippen molar-refractivity contribution in [3.05, 3.63) is 206 Å². The first kappa shape index (κ1) is 32.9. The first-order valence-corrected chi connectivity index (χ1v) is 18.6. The SMILES string of the molecule is [C-]#[N+]c1ccc(-c2cc3c4ccccc4c(-c4cccc(-c5ccc(-c6nc(-c7ccccc7)nc(-c7ccccc7)n6)cc5)c4)cc3c3ccccc23)cc1. The van der Waals surface area contributed by atoms with E-state index in [2.05, 4.69) is 126 Å². The van der Waals surface area contributed by atoms with Gasteiger partial charge in [0.2, 0.25) is 0 Å². The fourth-order valence-corrected chi connectivity index (χ4v) is 7.76. The third-order valence-corrected chi connectivity index (χ3v) is 10.5. The average Bonchev–Trinajstić information content (AvgIpc) is 3.29. The highest BCUT2D eigenvalue weighted by Crippen LogP contribution is 2.42. The second kappa shape index (κ2) is 13.9. The number of rotatable bonds is 6. The molecule has 0 aliphatic rings. The van der Waals surface area contributed by atoms with Gasteiger partial charge in [-0.1, -0.05) is 176 Å². The van der Waals surface area contributed by atoms with Crippen LogP contribution in [0.1, 0.15) is 0 Å². The number of benzene rings is 9. The fourth-order valence-electron chi connectivity index (χ4n) is 7.76. The maximum Gasteiger partial charge on any atom is 0.187 e. The lowest BCUT2D eigenvalue weighted by Gasteiger charge is -2.16. The van der Waals surface area contributed by atoms with E-state index in [9.17, 15) is 0 Å². The lowest BCUT2D eigenvalue weighted by atomic mass is 9.87. The Balaban J connectivity index is 1.06. The highest BCUT2D eigenvalue weighted by molar-refractivity contribution is 6.23. The molecule has 0 unspecified atom stereocenters. The number of hydrogen-bond acceptors (Lipinski definition) is 3. The third kappa shape index (κ3) is 5.94. The van der Waals surface area contributed by atoms with Gasteiger partial charge in [0.15, 0.2) is 23.2 Å². The second-order valence-electron chi connectivity index (χ2n) is 13.9. The molecule has 10 aromatic rings. The molecule has 0 aliphatic carbocycles. The van der Waals surface area contributed by atoms with Gasteiger partial charge in [0.05, 0.1) is 6.57 Å². The Bertz CT molecular complexity index is 3050. The second-order valence-corrected chi connectivity index (χ2v) is 13.9. The number of hydrogen-bond donors (Lipinski definition) is 0. The smallest absolute Gasteiger partial charge is 0.187 e. The molecule has 0 aliphatic heterocycles. The van der Waals surface area contributed by atoms with Gasteiger partial charge in [-0.3, -0.25) is 0 Å². The summed E-state index contributed by atoms with van der Waals surface area (Å²) in [6.45, 7) is 7.42. The number of fused-ring (bicyclic) bond motifs is 5. The van der Waals surface area contributed by atoms with E-state index >= 15 is 0 Å². The summed E-state index contributed by atoms with van der Waals surface area (Å²) in [4.78, 5) is 18.3. The van der Waals surface area contributed by atoms with E-state index in [-0.39, 0.29) is 0 Å². The molecule has 0 N–H and O–H groups in total. The van der Waals surface area contributed by atoms with Crippen molar-refractivity contribution in [3.8, 4) is 67.5 Å². The molecule has 260 valence electrons. The maximum atomic E-state index is 7.42. The Morgan fingerprint density at radius 1 is 0.286 bits per heavy atom. The van der Waals surface area contributed by atoms with Crippen LogP contribution in [0.25, 0.3) is 105 Å². The lowest BCUT2D eigenvalue weighted by Crippen LogP contribution is -2.00. The van der Waals surface area contributed by atoms with Gasteiger partial charge in [-0.25, -0.2) is 19.8 Å². The molecule has 1 aromatic heterocycles. The summed E-state index contributed by atoms with van der Waals surface area (Å²) in [5, 5.41) is 7.24. The van der Waals surface area contributed by atoms with Crippen LogP contribution in [-0.2, 0) is 0 Å². The van der Waals surface area contributed by atoms with E-state index < -0.39 is 0 Å². The summed E-state index contributed by atoms with van der Waals surface area (Å²) >= 11 is 0. The van der Waals surface area contributed by atoms with Crippen molar-refractivity contribution >= 4 is 38.0 Å². The van der Waals surface area contributed by atoms with Crippen LogP contribution in [0.4, 0.5) is 5.69 Å². The van der Waals surface area contributed by atoms with Crippen molar-refractivity contribution < 1.29 is 0 Å². The molecule has 9 aromatic carbocycles. The largest absolute Gasteiger partial charge is 0.238 e. The third-order valence-electron chi connectivity index (χ3n) is 10.5. The molecular formula is C52H32N4. The summed E-state index contributed by atoms with van der Waals surface area (Å²) in [6.07, 6.45) is 0. The van der Waals surface area contributed by atoms with Gasteiger partial charge < -0.3 is 0 Å². The van der Waals surface area contributed by atoms with Crippen LogP contribution in [0, 0.1) is 6.57 Å². The Hall–Kier alpha value is -7.74. The highest BCUT2D eigenvalue weighted by atomic mass is 15.0. The van der Waals surface area contributed by atoms with Crippen molar-refractivity contribution in [2.45, 2.75) is 0 Å². The van der Waals surface area contributed by atoms with E-state index in [1.165, 1.54) is 37.9 Å². The van der Waals surface area contributed by atoms with Crippen LogP contribution in [-0.4, -0.2) is 15.0 Å². The van der Waals surface area contributed by atoms with Crippen molar-refractivity contribution in [1.82, 2.24) is 15.0 Å². The molecule has 4 heteroatoms. The Kier molecular flexibility index (Phi) is 8.17. The fraction of sp³-hybridized carbons (Fsp3) is 0. The predicted octanol–water partition coefficient (Wildman–Crippen LogP) is 13.9. The summed E-state index contributed by atoms with van der Waals surface area (Å²) in [5.41, 5.74) is 10.3. The van der Waals surface area contributed by atoms with E-state index in [1.54, 1.807) is 0 Å². The summed E-state index contributed by atoms with van der Waals surface area (Å²) in [5.74, 6) is 1.93. The molecule has 10 rings (SSSR count). The Morgan fingerprint density at radius 2 is 0.679 bits per heavy atom. The molecule has 1 heterocycles. The van der Waals surface area contributed by atoms with Gasteiger partial charge >= 0.3 is 0 Å². The molecule has 0 atom stereocenters. The Labute approximate surface area is 324 Å². The maximum absolute atomic E-state index is 7.42. The minimum atomic E-state index is 0.636. The normalized spacial score (nSPS) is 11.2. The van der Waals surface area contributed by atoms with Gasteiger partial charge in [-0.15, -0.1) is 0 Å². The molecule has 56 heavy (non-hydrogen) atoms. The standard InChI is InChI=1S/C52H32N4/c1-53-41-29-27-35(28-30-41)46-32-48-45-22-11-9-20-43(45)47(33-49(48)44-21-10-8-19-42(44)46)40-18-12-17-39(31-40)34-23-25-38(26-24-34)52-55-50(36-13-4-2-5-14-36)54-51(56-52)37-15-6-3-7-16-37/h2-33H. The quantitative estimate of drug-likeness (QED) is 0.127. The Morgan fingerprint density at radius 3 is 1.20 bits per heavy atom. The molecule has 0 radical (unpaired) electrons. The van der Waals surface area contributed by atoms with Crippen LogP contribution in [0.3, 0.4) is 0 Å². The number of aromatic nitrogens is 3. The minimum absolute atomic E-state index is 0.636. The van der Waals surface area contributed by atoms with Crippen LogP contribution in [0.5, 0.6) is 0 Å². The van der Waals surface area contributed by atoms with E-state index in [4.69, 9.17) is 21.5 Å². The first-order chi connectivity index (χ1) is 27.7. The monoisotopic (exact) mass is 712 g/mol. The van der Waals surface area contributed by atoms with E-state index in [0.717, 1.165) is 44.5 Å².